The number of aliphatic carboxylic acids is 1. The van der Waals surface area contributed by atoms with Gasteiger partial charge in [-0.05, 0) is 17.7 Å². The van der Waals surface area contributed by atoms with Crippen molar-refractivity contribution >= 4 is 63.4 Å². The van der Waals surface area contributed by atoms with Crippen LogP contribution < -0.4 is 5.32 Å². The normalized spacial score (nSPS) is 12.3. The number of rotatable bonds is 7. The maximum Gasteiger partial charge on any atom is 0.326 e. The third-order valence-electron chi connectivity index (χ3n) is 4.46. The summed E-state index contributed by atoms with van der Waals surface area (Å²) in [6.45, 7) is 0. The molecule has 0 aliphatic rings. The SMILES string of the molecule is O=C(CSc1nnc2c(Cl)cc(Cl)cn12)NC(Cc1c[nH]c2ccccc12)C(=O)O. The molecule has 1 aromatic carbocycles. The summed E-state index contributed by atoms with van der Waals surface area (Å²) in [5.41, 5.74) is 2.15. The fraction of sp³-hybridized carbons (Fsp3) is 0.158. The molecule has 0 saturated heterocycles. The number of carboxylic acids is 1. The molecule has 0 bridgehead atoms. The van der Waals surface area contributed by atoms with Crippen molar-refractivity contribution in [2.45, 2.75) is 17.6 Å². The number of nitrogens with one attached hydrogen (secondary N) is 2. The van der Waals surface area contributed by atoms with Crippen LogP contribution in [0, 0.1) is 0 Å². The van der Waals surface area contributed by atoms with E-state index in [-0.39, 0.29) is 12.2 Å². The Labute approximate surface area is 184 Å². The molecule has 154 valence electrons. The Morgan fingerprint density at radius 1 is 1.27 bits per heavy atom. The first-order valence-electron chi connectivity index (χ1n) is 8.82. The summed E-state index contributed by atoms with van der Waals surface area (Å²) in [6, 6.07) is 8.08. The van der Waals surface area contributed by atoms with Crippen LogP contribution >= 0.6 is 35.0 Å². The summed E-state index contributed by atoms with van der Waals surface area (Å²) in [5, 5.41) is 22.2. The highest BCUT2D eigenvalue weighted by molar-refractivity contribution is 7.99. The molecule has 4 rings (SSSR count). The zero-order chi connectivity index (χ0) is 21.3. The van der Waals surface area contributed by atoms with Crippen LogP contribution in [0.25, 0.3) is 16.6 Å². The van der Waals surface area contributed by atoms with Crippen LogP contribution in [0.1, 0.15) is 5.56 Å². The Balaban J connectivity index is 1.43. The third-order valence-corrected chi connectivity index (χ3v) is 5.89. The molecule has 3 aromatic heterocycles. The number of para-hydroxylation sites is 1. The zero-order valence-electron chi connectivity index (χ0n) is 15.3. The first-order chi connectivity index (χ1) is 14.4. The zero-order valence-corrected chi connectivity index (χ0v) is 17.6. The van der Waals surface area contributed by atoms with E-state index in [0.717, 1.165) is 28.2 Å². The van der Waals surface area contributed by atoms with Gasteiger partial charge in [0.2, 0.25) is 5.91 Å². The molecule has 30 heavy (non-hydrogen) atoms. The quantitative estimate of drug-likeness (QED) is 0.362. The Kier molecular flexibility index (Phi) is 5.85. The first kappa shape index (κ1) is 20.5. The number of thioether (sulfide) groups is 1. The number of amides is 1. The molecule has 11 heteroatoms. The van der Waals surface area contributed by atoms with Crippen molar-refractivity contribution in [2.75, 3.05) is 5.75 Å². The molecular formula is C19H15Cl2N5O3S. The number of aromatic nitrogens is 4. The summed E-state index contributed by atoms with van der Waals surface area (Å²) in [4.78, 5) is 27.2. The van der Waals surface area contributed by atoms with E-state index in [0.29, 0.717) is 20.8 Å². The maximum absolute atomic E-state index is 12.4. The topological polar surface area (TPSA) is 112 Å². The molecule has 0 saturated carbocycles. The van der Waals surface area contributed by atoms with Crippen LogP contribution in [0.3, 0.4) is 0 Å². The standard InChI is InChI=1S/C19H15Cl2N5O3S/c20-11-6-13(21)17-24-25-19(26(17)8-11)30-9-16(27)23-15(18(28)29)5-10-7-22-14-4-2-1-3-12(10)14/h1-4,6-8,15,22H,5,9H2,(H,23,27)(H,28,29). The van der Waals surface area contributed by atoms with Gasteiger partial charge in [0.15, 0.2) is 10.8 Å². The van der Waals surface area contributed by atoms with Gasteiger partial charge in [0.25, 0.3) is 0 Å². The molecule has 0 spiro atoms. The minimum absolute atomic E-state index is 0.0391. The van der Waals surface area contributed by atoms with E-state index in [4.69, 9.17) is 23.2 Å². The first-order valence-corrected chi connectivity index (χ1v) is 10.6. The summed E-state index contributed by atoms with van der Waals surface area (Å²) in [5.74, 6) is -1.58. The van der Waals surface area contributed by atoms with Gasteiger partial charge >= 0.3 is 5.97 Å². The number of pyridine rings is 1. The van der Waals surface area contributed by atoms with Gasteiger partial charge in [0.05, 0.1) is 15.8 Å². The van der Waals surface area contributed by atoms with Gasteiger partial charge in [-0.15, -0.1) is 10.2 Å². The Morgan fingerprint density at radius 3 is 2.87 bits per heavy atom. The number of benzene rings is 1. The van der Waals surface area contributed by atoms with Crippen molar-refractivity contribution in [1.29, 1.82) is 0 Å². The van der Waals surface area contributed by atoms with Gasteiger partial charge in [-0.25, -0.2) is 4.79 Å². The summed E-state index contributed by atoms with van der Waals surface area (Å²) in [7, 11) is 0. The molecule has 0 aliphatic carbocycles. The van der Waals surface area contributed by atoms with Crippen LogP contribution in [0.5, 0.6) is 0 Å². The smallest absolute Gasteiger partial charge is 0.326 e. The van der Waals surface area contributed by atoms with Crippen molar-refractivity contribution in [3.8, 4) is 0 Å². The van der Waals surface area contributed by atoms with Crippen molar-refractivity contribution in [3.05, 3.63) is 58.3 Å². The van der Waals surface area contributed by atoms with Crippen LogP contribution in [0.2, 0.25) is 10.0 Å². The number of halogens is 2. The van der Waals surface area contributed by atoms with Crippen molar-refractivity contribution < 1.29 is 14.7 Å². The van der Waals surface area contributed by atoms with Crippen molar-refractivity contribution in [3.63, 3.8) is 0 Å². The van der Waals surface area contributed by atoms with Crippen LogP contribution in [-0.2, 0) is 16.0 Å². The molecule has 3 heterocycles. The number of H-pyrrole nitrogens is 1. The summed E-state index contributed by atoms with van der Waals surface area (Å²) < 4.78 is 1.59. The van der Waals surface area contributed by atoms with E-state index >= 15 is 0 Å². The average Bonchev–Trinajstić information content (AvgIpc) is 3.30. The van der Waals surface area contributed by atoms with Crippen molar-refractivity contribution in [2.24, 2.45) is 0 Å². The number of nitrogens with zero attached hydrogens (tertiary/aromatic N) is 3. The van der Waals surface area contributed by atoms with E-state index < -0.39 is 17.9 Å². The number of carbonyl (C=O) groups excluding carboxylic acids is 1. The molecule has 0 fully saturated rings. The number of fused-ring (bicyclic) bond motifs is 2. The number of hydrogen-bond acceptors (Lipinski definition) is 5. The highest BCUT2D eigenvalue weighted by Gasteiger charge is 2.22. The summed E-state index contributed by atoms with van der Waals surface area (Å²) >= 11 is 13.2. The third kappa shape index (κ3) is 4.23. The van der Waals surface area contributed by atoms with Gasteiger partial charge in [0, 0.05) is 29.7 Å². The highest BCUT2D eigenvalue weighted by Crippen LogP contribution is 2.25. The molecule has 4 aromatic rings. The molecule has 1 amide bonds. The molecule has 1 unspecified atom stereocenters. The van der Waals surface area contributed by atoms with Gasteiger partial charge in [-0.1, -0.05) is 53.2 Å². The van der Waals surface area contributed by atoms with Gasteiger partial charge < -0.3 is 15.4 Å². The minimum Gasteiger partial charge on any atom is -0.480 e. The lowest BCUT2D eigenvalue weighted by molar-refractivity contribution is -0.141. The second-order valence-corrected chi connectivity index (χ2v) is 8.28. The second-order valence-electron chi connectivity index (χ2n) is 6.49. The Bertz CT molecular complexity index is 1260. The van der Waals surface area contributed by atoms with Gasteiger partial charge in [-0.2, -0.15) is 0 Å². The fourth-order valence-corrected chi connectivity index (χ4v) is 4.32. The number of hydrogen-bond donors (Lipinski definition) is 3. The Hall–Kier alpha value is -2.75. The number of carbonyl (C=O) groups is 2. The van der Waals surface area contributed by atoms with E-state index in [9.17, 15) is 14.7 Å². The minimum atomic E-state index is -1.11. The second kappa shape index (κ2) is 8.55. The van der Waals surface area contributed by atoms with Crippen molar-refractivity contribution in [1.82, 2.24) is 24.9 Å². The summed E-state index contributed by atoms with van der Waals surface area (Å²) in [6.07, 6.45) is 3.52. The van der Waals surface area contributed by atoms with E-state index in [1.807, 2.05) is 24.3 Å². The average molecular weight is 464 g/mol. The number of carboxylic acid groups (broad SMARTS) is 1. The highest BCUT2D eigenvalue weighted by atomic mass is 35.5. The number of aromatic amines is 1. The maximum atomic E-state index is 12.4. The van der Waals surface area contributed by atoms with Gasteiger partial charge in [-0.3, -0.25) is 9.20 Å². The van der Waals surface area contributed by atoms with E-state index in [1.165, 1.54) is 0 Å². The molecule has 8 nitrogen and oxygen atoms in total. The molecule has 0 aliphatic heterocycles. The monoisotopic (exact) mass is 463 g/mol. The van der Waals surface area contributed by atoms with Gasteiger partial charge in [0.1, 0.15) is 6.04 Å². The molecule has 1 atom stereocenters. The lowest BCUT2D eigenvalue weighted by Gasteiger charge is -2.14. The Morgan fingerprint density at radius 2 is 2.07 bits per heavy atom. The predicted octanol–water partition coefficient (Wildman–Crippen LogP) is 3.42. The fourth-order valence-electron chi connectivity index (χ4n) is 3.09. The largest absolute Gasteiger partial charge is 0.480 e. The molecular weight excluding hydrogens is 449 g/mol. The van der Waals surface area contributed by atoms with Crippen LogP contribution in [0.4, 0.5) is 0 Å². The lowest BCUT2D eigenvalue weighted by Crippen LogP contribution is -2.43. The molecule has 0 radical (unpaired) electrons. The van der Waals surface area contributed by atoms with Crippen LogP contribution in [0.15, 0.2) is 47.9 Å². The lowest BCUT2D eigenvalue weighted by atomic mass is 10.1. The predicted molar refractivity (Wildman–Crippen MR) is 115 cm³/mol. The van der Waals surface area contributed by atoms with E-state index in [2.05, 4.69) is 20.5 Å². The molecule has 3 N–H and O–H groups in total. The van der Waals surface area contributed by atoms with E-state index in [1.54, 1.807) is 22.9 Å². The van der Waals surface area contributed by atoms with Crippen LogP contribution in [-0.4, -0.2) is 48.4 Å².